The van der Waals surface area contributed by atoms with E-state index in [2.05, 4.69) is 10.6 Å². The van der Waals surface area contributed by atoms with Crippen molar-refractivity contribution in [1.29, 1.82) is 0 Å². The molecule has 25 heavy (non-hydrogen) atoms. The fourth-order valence-electron chi connectivity index (χ4n) is 2.72. The van der Waals surface area contributed by atoms with Gasteiger partial charge in [-0.15, -0.1) is 0 Å². The summed E-state index contributed by atoms with van der Waals surface area (Å²) in [6.45, 7) is 2.17. The molecule has 0 saturated carbocycles. The van der Waals surface area contributed by atoms with E-state index in [0.29, 0.717) is 22.9 Å². The number of anilines is 2. The molecule has 2 N–H and O–H groups in total. The minimum Gasteiger partial charge on any atom is -0.333 e. The topological polar surface area (TPSA) is 61.4 Å². The van der Waals surface area contributed by atoms with E-state index in [1.165, 1.54) is 17.0 Å². The molecule has 1 heterocycles. The summed E-state index contributed by atoms with van der Waals surface area (Å²) in [5.74, 6) is -0.565. The molecule has 0 bridgehead atoms. The molecule has 3 rings (SSSR count). The van der Waals surface area contributed by atoms with Crippen molar-refractivity contribution in [3.05, 3.63) is 58.9 Å². The second kappa shape index (κ2) is 7.11. The first-order chi connectivity index (χ1) is 11.9. The predicted molar refractivity (Wildman–Crippen MR) is 95.5 cm³/mol. The Morgan fingerprint density at radius 3 is 2.80 bits per heavy atom. The Hall–Kier alpha value is -2.60. The monoisotopic (exact) mass is 361 g/mol. The Bertz CT molecular complexity index is 828. The molecule has 1 aliphatic rings. The van der Waals surface area contributed by atoms with Crippen LogP contribution in [0.15, 0.2) is 42.5 Å². The highest BCUT2D eigenvalue weighted by Crippen LogP contribution is 2.23. The van der Waals surface area contributed by atoms with E-state index in [0.717, 1.165) is 5.56 Å². The van der Waals surface area contributed by atoms with Crippen LogP contribution in [0, 0.1) is 12.7 Å². The lowest BCUT2D eigenvalue weighted by Gasteiger charge is -2.17. The number of nitrogens with zero attached hydrogens (tertiary/aromatic N) is 1. The van der Waals surface area contributed by atoms with Gasteiger partial charge >= 0.3 is 6.03 Å². The summed E-state index contributed by atoms with van der Waals surface area (Å²) in [4.78, 5) is 25.7. The highest BCUT2D eigenvalue weighted by atomic mass is 35.5. The predicted octanol–water partition coefficient (Wildman–Crippen LogP) is 3.71. The van der Waals surface area contributed by atoms with E-state index in [1.54, 1.807) is 24.3 Å². The summed E-state index contributed by atoms with van der Waals surface area (Å²) in [6.07, 6.45) is 0.165. The number of carbonyl (C=O) groups is 2. The molecular weight excluding hydrogens is 345 g/mol. The maximum absolute atomic E-state index is 13.3. The Morgan fingerprint density at radius 2 is 2.08 bits per heavy atom. The third-order valence-electron chi connectivity index (χ3n) is 4.01. The maximum Gasteiger partial charge on any atom is 0.319 e. The smallest absolute Gasteiger partial charge is 0.319 e. The van der Waals surface area contributed by atoms with Crippen LogP contribution in [0.25, 0.3) is 0 Å². The Balaban J connectivity index is 1.61. The normalized spacial score (nSPS) is 16.8. The van der Waals surface area contributed by atoms with Crippen LogP contribution in [-0.2, 0) is 4.79 Å². The molecular formula is C18H17ClFN3O2. The summed E-state index contributed by atoms with van der Waals surface area (Å²) in [5, 5.41) is 6.01. The van der Waals surface area contributed by atoms with Crippen molar-refractivity contribution in [1.82, 2.24) is 5.32 Å². The van der Waals surface area contributed by atoms with Gasteiger partial charge in [0.05, 0.1) is 6.04 Å². The Labute approximate surface area is 149 Å². The fourth-order valence-corrected chi connectivity index (χ4v) is 2.90. The van der Waals surface area contributed by atoms with Crippen molar-refractivity contribution in [2.75, 3.05) is 16.8 Å². The van der Waals surface area contributed by atoms with Gasteiger partial charge in [-0.25, -0.2) is 9.18 Å². The van der Waals surface area contributed by atoms with Crippen LogP contribution in [0.5, 0.6) is 0 Å². The molecule has 2 aromatic carbocycles. The molecule has 1 fully saturated rings. The largest absolute Gasteiger partial charge is 0.333 e. The number of nitrogens with one attached hydrogen (secondary N) is 2. The van der Waals surface area contributed by atoms with E-state index in [-0.39, 0.29) is 18.4 Å². The second-order valence-corrected chi connectivity index (χ2v) is 6.35. The zero-order chi connectivity index (χ0) is 18.0. The molecule has 5 nitrogen and oxygen atoms in total. The van der Waals surface area contributed by atoms with E-state index in [1.807, 2.05) is 13.0 Å². The van der Waals surface area contributed by atoms with Crippen molar-refractivity contribution in [3.8, 4) is 0 Å². The third kappa shape index (κ3) is 4.09. The van der Waals surface area contributed by atoms with Crippen molar-refractivity contribution >= 4 is 34.9 Å². The van der Waals surface area contributed by atoms with Crippen molar-refractivity contribution in [2.45, 2.75) is 19.4 Å². The van der Waals surface area contributed by atoms with Gasteiger partial charge in [-0.2, -0.15) is 0 Å². The van der Waals surface area contributed by atoms with Crippen LogP contribution in [0.1, 0.15) is 12.0 Å². The van der Waals surface area contributed by atoms with Gasteiger partial charge in [0.25, 0.3) is 0 Å². The van der Waals surface area contributed by atoms with Crippen LogP contribution in [0.2, 0.25) is 5.02 Å². The van der Waals surface area contributed by atoms with Gasteiger partial charge in [0, 0.05) is 29.4 Å². The SMILES string of the molecule is Cc1ccc(NC(=O)N[C@@H]2CC(=O)N(c3cccc(F)c3)C2)cc1Cl. The Kier molecular flexibility index (Phi) is 4.90. The molecule has 1 saturated heterocycles. The highest BCUT2D eigenvalue weighted by molar-refractivity contribution is 6.31. The minimum atomic E-state index is -0.418. The lowest BCUT2D eigenvalue weighted by molar-refractivity contribution is -0.117. The fraction of sp³-hybridized carbons (Fsp3) is 0.222. The van der Waals surface area contributed by atoms with Crippen LogP contribution < -0.4 is 15.5 Å². The lowest BCUT2D eigenvalue weighted by atomic mass is 10.2. The van der Waals surface area contributed by atoms with E-state index in [9.17, 15) is 14.0 Å². The van der Waals surface area contributed by atoms with Crippen LogP contribution >= 0.6 is 11.6 Å². The number of amides is 3. The van der Waals surface area contributed by atoms with Gasteiger partial charge < -0.3 is 15.5 Å². The molecule has 1 atom stereocenters. The maximum atomic E-state index is 13.3. The quantitative estimate of drug-likeness (QED) is 0.875. The summed E-state index contributed by atoms with van der Waals surface area (Å²) in [7, 11) is 0. The molecule has 2 aromatic rings. The number of halogens is 2. The molecule has 0 unspecified atom stereocenters. The lowest BCUT2D eigenvalue weighted by Crippen LogP contribution is -2.39. The summed E-state index contributed by atoms with van der Waals surface area (Å²) < 4.78 is 13.3. The molecule has 130 valence electrons. The standard InChI is InChI=1S/C18H17ClFN3O2/c1-11-5-6-13(8-16(11)19)21-18(25)22-14-9-17(24)23(10-14)15-4-2-3-12(20)7-15/h2-8,14H,9-10H2,1H3,(H2,21,22,25)/t14-/m1/s1. The Morgan fingerprint density at radius 1 is 1.28 bits per heavy atom. The number of hydrogen-bond donors (Lipinski definition) is 2. The molecule has 1 aliphatic heterocycles. The average Bonchev–Trinajstić information content (AvgIpc) is 2.91. The second-order valence-electron chi connectivity index (χ2n) is 5.95. The molecule has 0 radical (unpaired) electrons. The van der Waals surface area contributed by atoms with Crippen LogP contribution in [-0.4, -0.2) is 24.5 Å². The van der Waals surface area contributed by atoms with Crippen molar-refractivity contribution in [3.63, 3.8) is 0 Å². The van der Waals surface area contributed by atoms with Gasteiger partial charge in [-0.05, 0) is 42.8 Å². The van der Waals surface area contributed by atoms with E-state index in [4.69, 9.17) is 11.6 Å². The molecule has 0 spiro atoms. The van der Waals surface area contributed by atoms with Crippen molar-refractivity contribution in [2.24, 2.45) is 0 Å². The first-order valence-corrected chi connectivity index (χ1v) is 8.20. The zero-order valence-electron chi connectivity index (χ0n) is 13.6. The zero-order valence-corrected chi connectivity index (χ0v) is 14.3. The third-order valence-corrected chi connectivity index (χ3v) is 4.42. The number of hydrogen-bond acceptors (Lipinski definition) is 2. The van der Waals surface area contributed by atoms with Crippen LogP contribution in [0.4, 0.5) is 20.6 Å². The average molecular weight is 362 g/mol. The van der Waals surface area contributed by atoms with Gasteiger partial charge in [0.15, 0.2) is 0 Å². The molecule has 3 amide bonds. The van der Waals surface area contributed by atoms with E-state index >= 15 is 0 Å². The highest BCUT2D eigenvalue weighted by Gasteiger charge is 2.31. The van der Waals surface area contributed by atoms with Gasteiger partial charge in [-0.1, -0.05) is 23.7 Å². The first-order valence-electron chi connectivity index (χ1n) is 7.82. The van der Waals surface area contributed by atoms with Crippen molar-refractivity contribution < 1.29 is 14.0 Å². The number of rotatable bonds is 3. The molecule has 0 aliphatic carbocycles. The van der Waals surface area contributed by atoms with Crippen LogP contribution in [0.3, 0.4) is 0 Å². The summed E-state index contributed by atoms with van der Waals surface area (Å²) in [5.41, 5.74) is 1.97. The number of carbonyl (C=O) groups excluding carboxylic acids is 2. The van der Waals surface area contributed by atoms with Gasteiger partial charge in [-0.3, -0.25) is 4.79 Å². The number of aryl methyl sites for hydroxylation is 1. The summed E-state index contributed by atoms with van der Waals surface area (Å²) in [6, 6.07) is 10.3. The van der Waals surface area contributed by atoms with E-state index < -0.39 is 11.8 Å². The number of benzene rings is 2. The molecule has 7 heteroatoms. The number of urea groups is 1. The summed E-state index contributed by atoms with van der Waals surface area (Å²) >= 11 is 6.03. The molecule has 0 aromatic heterocycles. The minimum absolute atomic E-state index is 0.158. The first kappa shape index (κ1) is 17.2. The van der Waals surface area contributed by atoms with Gasteiger partial charge in [0.2, 0.25) is 5.91 Å². The van der Waals surface area contributed by atoms with Gasteiger partial charge in [0.1, 0.15) is 5.82 Å².